The molecular weight excluding hydrogens is 576 g/mol. The van der Waals surface area contributed by atoms with E-state index in [1.807, 2.05) is 30.3 Å². The number of benzene rings is 2. The molecule has 3 atom stereocenters. The molecule has 2 aromatic rings. The van der Waals surface area contributed by atoms with Crippen LogP contribution in [0.2, 0.25) is 0 Å². The molecule has 234 valence electrons. The van der Waals surface area contributed by atoms with Crippen molar-refractivity contribution in [3.8, 4) is 0 Å². The number of halogens is 6. The van der Waals surface area contributed by atoms with Crippen LogP contribution in [-0.2, 0) is 26.7 Å². The highest BCUT2D eigenvalue weighted by atomic mass is 19.4. The molecule has 6 nitrogen and oxygen atoms in total. The fourth-order valence-electron chi connectivity index (χ4n) is 6.08. The minimum Gasteiger partial charge on any atom is -0.343 e. The first-order valence-electron chi connectivity index (χ1n) is 14.2. The number of rotatable bonds is 5. The average molecular weight is 612 g/mol. The normalized spacial score (nSPS) is 21.0. The van der Waals surface area contributed by atoms with Gasteiger partial charge < -0.3 is 14.7 Å². The molecule has 2 saturated heterocycles. The van der Waals surface area contributed by atoms with Gasteiger partial charge in [0.15, 0.2) is 0 Å². The summed E-state index contributed by atoms with van der Waals surface area (Å²) in [5.41, 5.74) is -2.34. The molecule has 0 N–H and O–H groups in total. The monoisotopic (exact) mass is 611 g/mol. The zero-order chi connectivity index (χ0) is 31.7. The summed E-state index contributed by atoms with van der Waals surface area (Å²) in [7, 11) is 1.38. The van der Waals surface area contributed by atoms with Gasteiger partial charge in [-0.3, -0.25) is 14.4 Å². The zero-order valence-electron chi connectivity index (χ0n) is 24.2. The Bertz CT molecular complexity index is 1290. The molecule has 12 heteroatoms. The van der Waals surface area contributed by atoms with Crippen LogP contribution < -0.4 is 0 Å². The molecule has 2 heterocycles. The van der Waals surface area contributed by atoms with Gasteiger partial charge in [0.25, 0.3) is 0 Å². The molecule has 0 aliphatic carbocycles. The molecule has 0 unspecified atom stereocenters. The summed E-state index contributed by atoms with van der Waals surface area (Å²) >= 11 is 0. The summed E-state index contributed by atoms with van der Waals surface area (Å²) in [6, 6.07) is 9.40. The van der Waals surface area contributed by atoms with Crippen molar-refractivity contribution in [2.75, 3.05) is 33.2 Å². The molecule has 43 heavy (non-hydrogen) atoms. The van der Waals surface area contributed by atoms with Crippen LogP contribution in [-0.4, -0.2) is 65.6 Å². The van der Waals surface area contributed by atoms with Gasteiger partial charge in [-0.2, -0.15) is 26.3 Å². The van der Waals surface area contributed by atoms with Crippen LogP contribution in [0.4, 0.5) is 26.3 Å². The van der Waals surface area contributed by atoms with Gasteiger partial charge in [0.05, 0.1) is 17.2 Å². The Morgan fingerprint density at radius 2 is 1.37 bits per heavy atom. The molecule has 2 aromatic carbocycles. The van der Waals surface area contributed by atoms with E-state index in [4.69, 9.17) is 0 Å². The number of nitrogens with zero attached hydrogens (tertiary/aromatic N) is 3. The number of carbonyl (C=O) groups excluding carboxylic acids is 3. The zero-order valence-corrected chi connectivity index (χ0v) is 24.2. The van der Waals surface area contributed by atoms with Crippen LogP contribution in [0.25, 0.3) is 0 Å². The summed E-state index contributed by atoms with van der Waals surface area (Å²) in [5, 5.41) is 0. The lowest BCUT2D eigenvalue weighted by atomic mass is 9.79. The van der Waals surface area contributed by atoms with E-state index in [9.17, 15) is 40.7 Å². The number of hydrogen-bond acceptors (Lipinski definition) is 3. The summed E-state index contributed by atoms with van der Waals surface area (Å²) in [4.78, 5) is 43.7. The van der Waals surface area contributed by atoms with E-state index < -0.39 is 47.3 Å². The van der Waals surface area contributed by atoms with E-state index in [1.165, 1.54) is 25.8 Å². The van der Waals surface area contributed by atoms with Gasteiger partial charge in [-0.1, -0.05) is 30.3 Å². The Labute approximate surface area is 246 Å². The molecule has 2 aliphatic rings. The topological polar surface area (TPSA) is 60.9 Å². The van der Waals surface area contributed by atoms with E-state index in [-0.39, 0.29) is 48.9 Å². The third-order valence-electron chi connectivity index (χ3n) is 8.78. The van der Waals surface area contributed by atoms with Gasteiger partial charge in [0.1, 0.15) is 0 Å². The highest BCUT2D eigenvalue weighted by Crippen LogP contribution is 2.40. The second-order valence-corrected chi connectivity index (χ2v) is 11.4. The smallest absolute Gasteiger partial charge is 0.343 e. The molecule has 2 fully saturated rings. The first kappa shape index (κ1) is 32.3. The maximum atomic E-state index is 13.9. The number of piperidine rings is 2. The second kappa shape index (κ2) is 12.6. The van der Waals surface area contributed by atoms with Crippen LogP contribution in [0.5, 0.6) is 0 Å². The summed E-state index contributed by atoms with van der Waals surface area (Å²) in [6.07, 6.45) is -8.63. The highest BCUT2D eigenvalue weighted by Gasteiger charge is 2.42. The van der Waals surface area contributed by atoms with E-state index in [0.717, 1.165) is 5.56 Å². The van der Waals surface area contributed by atoms with Crippen molar-refractivity contribution in [3.05, 3.63) is 70.8 Å². The van der Waals surface area contributed by atoms with Gasteiger partial charge >= 0.3 is 12.4 Å². The van der Waals surface area contributed by atoms with E-state index >= 15 is 0 Å². The van der Waals surface area contributed by atoms with Crippen LogP contribution in [0.1, 0.15) is 67.3 Å². The van der Waals surface area contributed by atoms with Crippen LogP contribution in [0, 0.1) is 11.8 Å². The predicted octanol–water partition coefficient (Wildman–Crippen LogP) is 6.13. The molecule has 0 bridgehead atoms. The number of alkyl halides is 6. The Kier molecular flexibility index (Phi) is 9.46. The average Bonchev–Trinajstić information content (AvgIpc) is 2.98. The summed E-state index contributed by atoms with van der Waals surface area (Å²) in [5.74, 6) is -1.82. The molecule has 0 saturated carbocycles. The van der Waals surface area contributed by atoms with Crippen molar-refractivity contribution in [2.45, 2.75) is 57.4 Å². The lowest BCUT2D eigenvalue weighted by Gasteiger charge is -2.42. The minimum absolute atomic E-state index is 0.0347. The summed E-state index contributed by atoms with van der Waals surface area (Å²) in [6.45, 7) is 4.42. The predicted molar refractivity (Wildman–Crippen MR) is 146 cm³/mol. The first-order chi connectivity index (χ1) is 20.1. The van der Waals surface area contributed by atoms with Crippen molar-refractivity contribution in [3.63, 3.8) is 0 Å². The van der Waals surface area contributed by atoms with E-state index in [1.54, 1.807) is 9.80 Å². The molecule has 0 radical (unpaired) electrons. The molecule has 2 aliphatic heterocycles. The minimum atomic E-state index is -5.00. The fourth-order valence-corrected chi connectivity index (χ4v) is 6.08. The summed E-state index contributed by atoms with van der Waals surface area (Å²) < 4.78 is 80.9. The SMILES string of the molecule is CC(=O)N1CCC(C(=O)N2CC[C@H](C(=O)N(C)[C@@H](C)c3cc(C(F)(F)F)cc(C(F)(F)F)c3)[C@H](c3ccccc3)C2)CC1. The largest absolute Gasteiger partial charge is 0.416 e. The molecule has 3 amide bonds. The van der Waals surface area contributed by atoms with Crippen molar-refractivity contribution in [1.82, 2.24) is 14.7 Å². The molecule has 0 spiro atoms. The Hall–Kier alpha value is -3.57. The number of carbonyl (C=O) groups is 3. The Balaban J connectivity index is 1.56. The van der Waals surface area contributed by atoms with Crippen LogP contribution in [0.15, 0.2) is 48.5 Å². The number of likely N-dealkylation sites (tertiary alicyclic amines) is 2. The second-order valence-electron chi connectivity index (χ2n) is 11.4. The number of hydrogen-bond donors (Lipinski definition) is 0. The Morgan fingerprint density at radius 1 is 0.837 bits per heavy atom. The maximum absolute atomic E-state index is 13.9. The maximum Gasteiger partial charge on any atom is 0.416 e. The lowest BCUT2D eigenvalue weighted by Crippen LogP contribution is -2.50. The van der Waals surface area contributed by atoms with Crippen molar-refractivity contribution < 1.29 is 40.7 Å². The first-order valence-corrected chi connectivity index (χ1v) is 14.2. The molecule has 0 aromatic heterocycles. The van der Waals surface area contributed by atoms with Gasteiger partial charge in [-0.15, -0.1) is 0 Å². The van der Waals surface area contributed by atoms with E-state index in [0.29, 0.717) is 38.1 Å². The third kappa shape index (κ3) is 7.33. The van der Waals surface area contributed by atoms with Gasteiger partial charge in [0, 0.05) is 57.9 Å². The standard InChI is InChI=1S/C31H35F6N3O3/c1-19(23-15-24(30(32,33)34)17-25(16-23)31(35,36)37)38(3)29(43)26-11-14-40(18-27(26)21-7-5-4-6-8-21)28(42)22-9-12-39(13-10-22)20(2)41/h4-8,15-17,19,22,26-27H,9-14,18H2,1-3H3/t19-,26-,27-/m0/s1. The fraction of sp³-hybridized carbons (Fsp3) is 0.516. The Morgan fingerprint density at radius 3 is 1.88 bits per heavy atom. The van der Waals surface area contributed by atoms with Crippen molar-refractivity contribution >= 4 is 17.7 Å². The van der Waals surface area contributed by atoms with Gasteiger partial charge in [-0.25, -0.2) is 0 Å². The van der Waals surface area contributed by atoms with Crippen molar-refractivity contribution in [1.29, 1.82) is 0 Å². The van der Waals surface area contributed by atoms with Crippen molar-refractivity contribution in [2.24, 2.45) is 11.8 Å². The number of amides is 3. The van der Waals surface area contributed by atoms with Gasteiger partial charge in [-0.05, 0) is 55.5 Å². The van der Waals surface area contributed by atoms with Crippen LogP contribution in [0.3, 0.4) is 0 Å². The third-order valence-corrected chi connectivity index (χ3v) is 8.78. The lowest BCUT2D eigenvalue weighted by molar-refractivity contribution is -0.145. The van der Waals surface area contributed by atoms with Gasteiger partial charge in [0.2, 0.25) is 17.7 Å². The molecule has 4 rings (SSSR count). The van der Waals surface area contributed by atoms with E-state index in [2.05, 4.69) is 0 Å². The molecular formula is C31H35F6N3O3. The quantitative estimate of drug-likeness (QED) is 0.382. The highest BCUT2D eigenvalue weighted by molar-refractivity contribution is 5.83. The van der Waals surface area contributed by atoms with Crippen LogP contribution >= 0.6 is 0 Å².